The van der Waals surface area contributed by atoms with Crippen LogP contribution in [0.25, 0.3) is 0 Å². The summed E-state index contributed by atoms with van der Waals surface area (Å²) in [6.07, 6.45) is 0. The minimum atomic E-state index is -0.934. The Morgan fingerprint density at radius 1 is 1.59 bits per heavy atom. The smallest absolute Gasteiger partial charge is 0.340 e. The normalized spacial score (nSPS) is 12.4. The number of anilines is 1. The average molecular weight is 268 g/mol. The van der Waals surface area contributed by atoms with E-state index in [-0.39, 0.29) is 11.6 Å². The summed E-state index contributed by atoms with van der Waals surface area (Å²) >= 11 is 2.82. The first kappa shape index (κ1) is 12.1. The molecule has 1 unspecified atom stereocenters. The van der Waals surface area contributed by atoms with Crippen molar-refractivity contribution in [1.29, 1.82) is 0 Å². The van der Waals surface area contributed by atoms with Gasteiger partial charge in [-0.2, -0.15) is 15.7 Å². The number of aryl methyl sites for hydroxylation is 1. The van der Waals surface area contributed by atoms with Crippen molar-refractivity contribution >= 4 is 33.8 Å². The number of thiophene rings is 1. The number of hydrogen-bond acceptors (Lipinski definition) is 5. The van der Waals surface area contributed by atoms with Crippen LogP contribution >= 0.6 is 22.9 Å². The number of aromatic carboxylic acids is 1. The first-order valence-electron chi connectivity index (χ1n) is 5.07. The molecular formula is C11H12N2O2S2. The summed E-state index contributed by atoms with van der Waals surface area (Å²) in [5, 5.41) is 17.0. The van der Waals surface area contributed by atoms with E-state index in [1.807, 2.05) is 23.8 Å². The molecule has 0 fully saturated rings. The fourth-order valence-electron chi connectivity index (χ4n) is 1.52. The van der Waals surface area contributed by atoms with Crippen LogP contribution in [0.1, 0.15) is 34.6 Å². The van der Waals surface area contributed by atoms with Gasteiger partial charge >= 0.3 is 5.97 Å². The minimum Gasteiger partial charge on any atom is -0.478 e. The molecule has 2 aromatic heterocycles. The fraction of sp³-hybridized carbons (Fsp3) is 0.273. The van der Waals surface area contributed by atoms with E-state index in [1.165, 1.54) is 11.5 Å². The Labute approximate surface area is 107 Å². The molecule has 2 heterocycles. The van der Waals surface area contributed by atoms with Gasteiger partial charge in [-0.15, -0.1) is 0 Å². The maximum Gasteiger partial charge on any atom is 0.340 e. The first-order valence-corrected chi connectivity index (χ1v) is 6.79. The third kappa shape index (κ3) is 2.48. The van der Waals surface area contributed by atoms with E-state index in [2.05, 4.69) is 9.69 Å². The molecule has 0 saturated carbocycles. The first-order chi connectivity index (χ1) is 8.09. The largest absolute Gasteiger partial charge is 0.478 e. The Bertz CT molecular complexity index is 520. The van der Waals surface area contributed by atoms with Crippen LogP contribution in [0.15, 0.2) is 16.8 Å². The number of carbonyl (C=O) groups is 1. The third-order valence-electron chi connectivity index (χ3n) is 2.47. The van der Waals surface area contributed by atoms with E-state index in [9.17, 15) is 4.79 Å². The van der Waals surface area contributed by atoms with Gasteiger partial charge in [0.15, 0.2) is 0 Å². The van der Waals surface area contributed by atoms with E-state index < -0.39 is 5.97 Å². The van der Waals surface area contributed by atoms with Gasteiger partial charge in [0, 0.05) is 0 Å². The van der Waals surface area contributed by atoms with Crippen molar-refractivity contribution < 1.29 is 9.90 Å². The summed E-state index contributed by atoms with van der Waals surface area (Å²) in [7, 11) is 0. The maximum atomic E-state index is 11.1. The lowest BCUT2D eigenvalue weighted by molar-refractivity contribution is 0.0697. The van der Waals surface area contributed by atoms with Crippen molar-refractivity contribution in [2.45, 2.75) is 19.9 Å². The molecule has 6 heteroatoms. The number of aromatic nitrogens is 1. The third-order valence-corrected chi connectivity index (χ3v) is 4.04. The highest BCUT2D eigenvalue weighted by Gasteiger charge is 2.19. The number of carboxylic acids is 1. The molecule has 2 rings (SSSR count). The van der Waals surface area contributed by atoms with Gasteiger partial charge in [-0.1, -0.05) is 0 Å². The van der Waals surface area contributed by atoms with Crippen LogP contribution in [0, 0.1) is 6.92 Å². The topological polar surface area (TPSA) is 62.2 Å². The average Bonchev–Trinajstić information content (AvgIpc) is 2.87. The lowest BCUT2D eigenvalue weighted by atomic mass is 10.2. The van der Waals surface area contributed by atoms with Crippen molar-refractivity contribution in [2.24, 2.45) is 0 Å². The molecule has 2 aromatic rings. The van der Waals surface area contributed by atoms with E-state index in [4.69, 9.17) is 5.11 Å². The number of nitrogens with zero attached hydrogens (tertiary/aromatic N) is 1. The zero-order valence-electron chi connectivity index (χ0n) is 9.43. The van der Waals surface area contributed by atoms with E-state index in [0.29, 0.717) is 10.7 Å². The van der Waals surface area contributed by atoms with Crippen LogP contribution < -0.4 is 5.32 Å². The summed E-state index contributed by atoms with van der Waals surface area (Å²) in [5.74, 6) is -0.934. The van der Waals surface area contributed by atoms with Gasteiger partial charge in [-0.25, -0.2) is 4.79 Å². The lowest BCUT2D eigenvalue weighted by Gasteiger charge is -2.12. The van der Waals surface area contributed by atoms with E-state index in [1.54, 1.807) is 18.3 Å². The Hall–Kier alpha value is -1.40. The second-order valence-corrected chi connectivity index (χ2v) is 5.25. The number of nitrogens with one attached hydrogen (secondary N) is 1. The van der Waals surface area contributed by atoms with Crippen molar-refractivity contribution in [3.8, 4) is 0 Å². The van der Waals surface area contributed by atoms with Crippen LogP contribution in [-0.2, 0) is 0 Å². The highest BCUT2D eigenvalue weighted by atomic mass is 32.1. The maximum absolute atomic E-state index is 11.1. The van der Waals surface area contributed by atoms with Gasteiger partial charge < -0.3 is 10.4 Å². The van der Waals surface area contributed by atoms with Crippen molar-refractivity contribution in [1.82, 2.24) is 4.37 Å². The summed E-state index contributed by atoms with van der Waals surface area (Å²) in [4.78, 5) is 11.1. The molecule has 2 N–H and O–H groups in total. The van der Waals surface area contributed by atoms with Crippen LogP contribution in [0.4, 0.5) is 5.00 Å². The Balaban J connectivity index is 2.22. The summed E-state index contributed by atoms with van der Waals surface area (Å²) in [6.45, 7) is 3.71. The molecule has 0 amide bonds. The number of rotatable bonds is 4. The molecule has 0 saturated heterocycles. The standard InChI is InChI=1S/C11H12N2O2S2/c1-6(8-3-4-16-5-8)12-10-9(11(14)15)7(2)13-17-10/h3-6,12H,1-2H3,(H,14,15). The van der Waals surface area contributed by atoms with Gasteiger partial charge in [0.25, 0.3) is 0 Å². The van der Waals surface area contributed by atoms with Crippen LogP contribution in [-0.4, -0.2) is 15.4 Å². The van der Waals surface area contributed by atoms with Crippen LogP contribution in [0.5, 0.6) is 0 Å². The van der Waals surface area contributed by atoms with Crippen molar-refractivity contribution in [2.75, 3.05) is 5.32 Å². The Kier molecular flexibility index (Phi) is 3.44. The molecule has 0 aliphatic carbocycles. The van der Waals surface area contributed by atoms with Gasteiger partial charge in [0.2, 0.25) is 0 Å². The Morgan fingerprint density at radius 2 is 2.35 bits per heavy atom. The molecular weight excluding hydrogens is 256 g/mol. The Morgan fingerprint density at radius 3 is 2.94 bits per heavy atom. The molecule has 90 valence electrons. The highest BCUT2D eigenvalue weighted by Crippen LogP contribution is 2.29. The van der Waals surface area contributed by atoms with Gasteiger partial charge in [-0.05, 0) is 47.8 Å². The molecule has 1 atom stereocenters. The lowest BCUT2D eigenvalue weighted by Crippen LogP contribution is -2.08. The predicted molar refractivity (Wildman–Crippen MR) is 70.2 cm³/mol. The molecule has 0 aromatic carbocycles. The van der Waals surface area contributed by atoms with Gasteiger partial charge in [0.05, 0.1) is 11.7 Å². The van der Waals surface area contributed by atoms with Crippen LogP contribution in [0.3, 0.4) is 0 Å². The second kappa shape index (κ2) is 4.85. The summed E-state index contributed by atoms with van der Waals surface area (Å²) in [6, 6.07) is 2.11. The second-order valence-electron chi connectivity index (χ2n) is 3.70. The monoisotopic (exact) mass is 268 g/mol. The van der Waals surface area contributed by atoms with E-state index in [0.717, 1.165) is 5.56 Å². The minimum absolute atomic E-state index is 0.0826. The predicted octanol–water partition coefficient (Wildman–Crippen LogP) is 3.38. The SMILES string of the molecule is Cc1nsc(NC(C)c2ccsc2)c1C(=O)O. The molecule has 4 nitrogen and oxygen atoms in total. The highest BCUT2D eigenvalue weighted by molar-refractivity contribution is 7.10. The zero-order valence-corrected chi connectivity index (χ0v) is 11.1. The van der Waals surface area contributed by atoms with E-state index >= 15 is 0 Å². The number of carboxylic acid groups (broad SMARTS) is 1. The van der Waals surface area contributed by atoms with Crippen LogP contribution in [0.2, 0.25) is 0 Å². The zero-order chi connectivity index (χ0) is 12.4. The van der Waals surface area contributed by atoms with Gasteiger partial charge in [-0.3, -0.25) is 0 Å². The summed E-state index contributed by atoms with van der Waals surface area (Å²) < 4.78 is 4.07. The summed E-state index contributed by atoms with van der Waals surface area (Å²) in [5.41, 5.74) is 1.98. The quantitative estimate of drug-likeness (QED) is 0.892. The molecule has 0 aliphatic rings. The molecule has 0 bridgehead atoms. The molecule has 0 aliphatic heterocycles. The molecule has 0 radical (unpaired) electrons. The molecule has 17 heavy (non-hydrogen) atoms. The molecule has 0 spiro atoms. The number of hydrogen-bond donors (Lipinski definition) is 2. The van der Waals surface area contributed by atoms with Crippen molar-refractivity contribution in [3.05, 3.63) is 33.6 Å². The van der Waals surface area contributed by atoms with Crippen molar-refractivity contribution in [3.63, 3.8) is 0 Å². The fourth-order valence-corrected chi connectivity index (χ4v) is 3.15. The van der Waals surface area contributed by atoms with Gasteiger partial charge in [0.1, 0.15) is 10.6 Å².